The Hall–Kier alpha value is -1.69. The number of aryl methyl sites for hydroxylation is 1. The van der Waals surface area contributed by atoms with E-state index in [-0.39, 0.29) is 24.6 Å². The third-order valence-electron chi connectivity index (χ3n) is 4.56. The Labute approximate surface area is 185 Å². The number of hydrogen-bond donors (Lipinski definition) is 2. The zero-order chi connectivity index (χ0) is 19.2. The van der Waals surface area contributed by atoms with Crippen LogP contribution in [0.1, 0.15) is 37.4 Å². The predicted molar refractivity (Wildman–Crippen MR) is 117 cm³/mol. The fourth-order valence-corrected chi connectivity index (χ4v) is 3.18. The summed E-state index contributed by atoms with van der Waals surface area (Å²) in [6.07, 6.45) is 7.01. The van der Waals surface area contributed by atoms with Crippen molar-refractivity contribution in [2.75, 3.05) is 16.8 Å². The standard InChI is InChI=1S/C22H26N4S.V/c1-4-5-14-23-22(24-18-9-11-19(27)12-10-18)21-16(2)8-13-20(25-21)26-15-6-7-17(26)3;/h5,8-12,14,17,27H,3-4,6-7,15H2,1-2H3,(H,23,24);/q-2;+2/b14-5+;. The molecule has 1 radical (unpaired) electrons. The normalized spacial score (nSPS) is 17.1. The van der Waals surface area contributed by atoms with Crippen molar-refractivity contribution < 1.29 is 18.6 Å². The SMILES string of the molecule is [CH2-]C1CCCN1c1[c-]cc(C)c(C(=N/C=C/CC)Nc2ccc(S)cc2)n1.[V+2]. The second kappa shape index (κ2) is 10.7. The Morgan fingerprint density at radius 1 is 1.43 bits per heavy atom. The number of allylic oxidation sites excluding steroid dienone is 1. The molecule has 1 atom stereocenters. The zero-order valence-electron chi connectivity index (χ0n) is 16.4. The Morgan fingerprint density at radius 3 is 2.82 bits per heavy atom. The van der Waals surface area contributed by atoms with Gasteiger partial charge in [-0.05, 0) is 37.1 Å². The molecule has 6 heteroatoms. The third-order valence-corrected chi connectivity index (χ3v) is 4.86. The van der Waals surface area contributed by atoms with Gasteiger partial charge >= 0.3 is 18.6 Å². The van der Waals surface area contributed by atoms with Gasteiger partial charge in [-0.2, -0.15) is 5.56 Å². The molecule has 1 aromatic carbocycles. The molecule has 0 amide bonds. The maximum atomic E-state index is 4.89. The molecule has 0 bridgehead atoms. The van der Waals surface area contributed by atoms with E-state index in [2.05, 4.69) is 47.8 Å². The number of rotatable bonds is 5. The van der Waals surface area contributed by atoms with Crippen LogP contribution in [0, 0.1) is 19.9 Å². The van der Waals surface area contributed by atoms with Crippen molar-refractivity contribution in [2.45, 2.75) is 44.0 Å². The second-order valence-corrected chi connectivity index (χ2v) is 7.20. The number of benzene rings is 1. The van der Waals surface area contributed by atoms with Crippen molar-refractivity contribution in [1.29, 1.82) is 0 Å². The maximum Gasteiger partial charge on any atom is 2.00 e. The van der Waals surface area contributed by atoms with Gasteiger partial charge in [-0.15, -0.1) is 19.6 Å². The number of thiol groups is 1. The van der Waals surface area contributed by atoms with Gasteiger partial charge in [0, 0.05) is 34.8 Å². The molecule has 1 aliphatic heterocycles. The topological polar surface area (TPSA) is 40.5 Å². The van der Waals surface area contributed by atoms with Gasteiger partial charge < -0.3 is 17.1 Å². The molecule has 28 heavy (non-hydrogen) atoms. The van der Waals surface area contributed by atoms with E-state index in [4.69, 9.17) is 4.98 Å². The Balaban J connectivity index is 0.00000280. The molecule has 145 valence electrons. The molecule has 1 N–H and O–H groups in total. The van der Waals surface area contributed by atoms with Crippen molar-refractivity contribution in [1.82, 2.24) is 4.98 Å². The largest absolute Gasteiger partial charge is 2.00 e. The van der Waals surface area contributed by atoms with Gasteiger partial charge in [0.05, 0.1) is 0 Å². The zero-order valence-corrected chi connectivity index (χ0v) is 18.7. The quantitative estimate of drug-likeness (QED) is 0.302. The first-order valence-electron chi connectivity index (χ1n) is 9.36. The summed E-state index contributed by atoms with van der Waals surface area (Å²) in [4.78, 5) is 12.7. The Morgan fingerprint density at radius 2 is 2.18 bits per heavy atom. The van der Waals surface area contributed by atoms with Crippen molar-refractivity contribution in [3.05, 3.63) is 66.9 Å². The fraction of sp³-hybridized carbons (Fsp3) is 0.318. The Kier molecular flexibility index (Phi) is 8.68. The summed E-state index contributed by atoms with van der Waals surface area (Å²) in [6.45, 7) is 9.32. The minimum Gasteiger partial charge on any atom is -0.399 e. The van der Waals surface area contributed by atoms with Crippen LogP contribution in [0.4, 0.5) is 11.5 Å². The number of nitrogens with one attached hydrogen (secondary N) is 1. The van der Waals surface area contributed by atoms with Crippen LogP contribution >= 0.6 is 12.6 Å². The van der Waals surface area contributed by atoms with Crippen LogP contribution in [-0.4, -0.2) is 23.4 Å². The molecule has 2 aromatic rings. The molecule has 2 heterocycles. The number of aromatic nitrogens is 1. The summed E-state index contributed by atoms with van der Waals surface area (Å²) in [7, 11) is 0. The first kappa shape index (κ1) is 22.6. The summed E-state index contributed by atoms with van der Waals surface area (Å²) >= 11 is 4.35. The smallest absolute Gasteiger partial charge is 0.399 e. The number of hydrogen-bond acceptors (Lipinski definition) is 4. The maximum absolute atomic E-state index is 4.89. The third kappa shape index (κ3) is 5.66. The van der Waals surface area contributed by atoms with Gasteiger partial charge in [0.2, 0.25) is 0 Å². The van der Waals surface area contributed by atoms with Gasteiger partial charge in [0.1, 0.15) is 5.84 Å². The first-order chi connectivity index (χ1) is 13.1. The van der Waals surface area contributed by atoms with Crippen molar-refractivity contribution >= 4 is 30.0 Å². The summed E-state index contributed by atoms with van der Waals surface area (Å²) in [5.74, 6) is 1.56. The van der Waals surface area contributed by atoms with E-state index in [0.717, 1.165) is 59.3 Å². The molecule has 0 spiro atoms. The van der Waals surface area contributed by atoms with Gasteiger partial charge in [0.25, 0.3) is 0 Å². The van der Waals surface area contributed by atoms with Gasteiger partial charge in [-0.25, -0.2) is 17.1 Å². The van der Waals surface area contributed by atoms with E-state index in [1.807, 2.05) is 49.5 Å². The average molecular weight is 429 g/mol. The van der Waals surface area contributed by atoms with E-state index in [1.54, 1.807) is 0 Å². The van der Waals surface area contributed by atoms with Crippen molar-refractivity contribution in [3.63, 3.8) is 0 Å². The second-order valence-electron chi connectivity index (χ2n) is 6.69. The van der Waals surface area contributed by atoms with E-state index < -0.39 is 0 Å². The van der Waals surface area contributed by atoms with Crippen LogP contribution in [0.15, 0.2) is 52.5 Å². The number of amidine groups is 1. The van der Waals surface area contributed by atoms with Crippen LogP contribution in [-0.2, 0) is 18.6 Å². The van der Waals surface area contributed by atoms with E-state index >= 15 is 0 Å². The number of nitrogens with zero attached hydrogens (tertiary/aromatic N) is 3. The van der Waals surface area contributed by atoms with E-state index in [1.165, 1.54) is 0 Å². The first-order valence-corrected chi connectivity index (χ1v) is 9.81. The molecule has 1 aromatic heterocycles. The summed E-state index contributed by atoms with van der Waals surface area (Å²) in [5.41, 5.74) is 2.81. The average Bonchev–Trinajstić information content (AvgIpc) is 3.09. The summed E-state index contributed by atoms with van der Waals surface area (Å²) < 4.78 is 0. The van der Waals surface area contributed by atoms with Gasteiger partial charge in [-0.3, -0.25) is 4.98 Å². The number of anilines is 2. The van der Waals surface area contributed by atoms with Gasteiger partial charge in [0.15, 0.2) is 0 Å². The van der Waals surface area contributed by atoms with Gasteiger partial charge in [-0.1, -0.05) is 25.5 Å². The van der Waals surface area contributed by atoms with Crippen LogP contribution in [0.25, 0.3) is 0 Å². The molecule has 1 unspecified atom stereocenters. The molecule has 4 nitrogen and oxygen atoms in total. The Bertz CT molecular complexity index is 833. The predicted octanol–water partition coefficient (Wildman–Crippen LogP) is 5.06. The van der Waals surface area contributed by atoms with Crippen LogP contribution in [0.5, 0.6) is 0 Å². The molecular weight excluding hydrogens is 403 g/mol. The molecule has 0 aliphatic carbocycles. The van der Waals surface area contributed by atoms with Crippen molar-refractivity contribution in [3.8, 4) is 0 Å². The molecule has 0 saturated carbocycles. The minimum absolute atomic E-state index is 0. The molecule has 1 fully saturated rings. The number of aliphatic imine (C=N–C) groups is 1. The van der Waals surface area contributed by atoms with E-state index in [0.29, 0.717) is 0 Å². The monoisotopic (exact) mass is 429 g/mol. The van der Waals surface area contributed by atoms with E-state index in [9.17, 15) is 0 Å². The van der Waals surface area contributed by atoms with Crippen LogP contribution < -0.4 is 10.2 Å². The van der Waals surface area contributed by atoms with Crippen molar-refractivity contribution in [2.24, 2.45) is 4.99 Å². The van der Waals surface area contributed by atoms with Crippen LogP contribution in [0.3, 0.4) is 0 Å². The fourth-order valence-electron chi connectivity index (χ4n) is 3.04. The minimum atomic E-state index is 0. The molecular formula is C22H26N4SV. The molecule has 1 saturated heterocycles. The number of pyridine rings is 1. The summed E-state index contributed by atoms with van der Waals surface area (Å²) in [6, 6.07) is 13.4. The summed E-state index contributed by atoms with van der Waals surface area (Å²) in [5, 5.41) is 3.41. The van der Waals surface area contributed by atoms with Crippen LogP contribution in [0.2, 0.25) is 0 Å². The molecule has 1 aliphatic rings. The molecule has 3 rings (SSSR count).